The van der Waals surface area contributed by atoms with Crippen molar-refractivity contribution in [1.82, 2.24) is 4.98 Å². The fraction of sp³-hybridized carbons (Fsp3) is 0.100. The van der Waals surface area contributed by atoms with Crippen molar-refractivity contribution < 1.29 is 13.6 Å². The first-order valence-electron chi connectivity index (χ1n) is 8.03. The molecule has 0 atom stereocenters. The normalized spacial score (nSPS) is 10.4. The Balaban J connectivity index is 1.69. The van der Waals surface area contributed by atoms with E-state index in [1.54, 1.807) is 12.3 Å². The predicted molar refractivity (Wildman–Crippen MR) is 97.1 cm³/mol. The number of rotatable bonds is 5. The van der Waals surface area contributed by atoms with Crippen LogP contribution in [0.1, 0.15) is 21.5 Å². The van der Waals surface area contributed by atoms with Gasteiger partial charge in [-0.2, -0.15) is 0 Å². The molecule has 1 heterocycles. The van der Waals surface area contributed by atoms with Crippen molar-refractivity contribution in [2.24, 2.45) is 0 Å². The fourth-order valence-electron chi connectivity index (χ4n) is 2.44. The average Bonchev–Trinajstić information content (AvgIpc) is 2.64. The number of benzene rings is 2. The third kappa shape index (κ3) is 4.22. The van der Waals surface area contributed by atoms with E-state index in [1.165, 1.54) is 17.8 Å². The molecular formula is C20H17F2N3O. The summed E-state index contributed by atoms with van der Waals surface area (Å²) in [4.78, 5) is 16.4. The maximum atomic E-state index is 13.2. The molecule has 0 bridgehead atoms. The number of nitrogens with one attached hydrogen (secondary N) is 2. The van der Waals surface area contributed by atoms with Crippen LogP contribution in [-0.2, 0) is 6.54 Å². The van der Waals surface area contributed by atoms with Gasteiger partial charge in [-0.3, -0.25) is 9.78 Å². The number of carbonyl (C=O) groups excluding carboxylic acids is 1. The lowest BCUT2D eigenvalue weighted by molar-refractivity contribution is 0.102. The van der Waals surface area contributed by atoms with E-state index in [-0.39, 0.29) is 5.69 Å². The van der Waals surface area contributed by atoms with Gasteiger partial charge in [0.05, 0.1) is 11.3 Å². The third-order valence-electron chi connectivity index (χ3n) is 3.92. The van der Waals surface area contributed by atoms with Crippen molar-refractivity contribution in [3.63, 3.8) is 0 Å². The van der Waals surface area contributed by atoms with E-state index in [0.717, 1.165) is 17.7 Å². The smallest absolute Gasteiger partial charge is 0.257 e. The zero-order chi connectivity index (χ0) is 18.5. The second kappa shape index (κ2) is 7.74. The summed E-state index contributed by atoms with van der Waals surface area (Å²) in [6.07, 6.45) is 3.03. The fourth-order valence-corrected chi connectivity index (χ4v) is 2.44. The number of hydrogen-bond donors (Lipinski definition) is 2. The molecular weight excluding hydrogens is 336 g/mol. The maximum Gasteiger partial charge on any atom is 0.257 e. The van der Waals surface area contributed by atoms with Gasteiger partial charge in [-0.05, 0) is 36.2 Å². The molecule has 2 aromatic carbocycles. The lowest BCUT2D eigenvalue weighted by Gasteiger charge is -2.10. The Hall–Kier alpha value is -3.28. The molecule has 0 saturated carbocycles. The minimum Gasteiger partial charge on any atom is -0.380 e. The SMILES string of the molecule is Cc1ccccc1CNc1cncc(C(=O)Nc2ccc(F)c(F)c2)c1. The lowest BCUT2D eigenvalue weighted by atomic mass is 10.1. The molecule has 4 nitrogen and oxygen atoms in total. The topological polar surface area (TPSA) is 54.0 Å². The van der Waals surface area contributed by atoms with Crippen LogP contribution in [0, 0.1) is 18.6 Å². The number of carbonyl (C=O) groups is 1. The Kier molecular flexibility index (Phi) is 5.22. The largest absolute Gasteiger partial charge is 0.380 e. The van der Waals surface area contributed by atoms with Gasteiger partial charge in [0.25, 0.3) is 5.91 Å². The van der Waals surface area contributed by atoms with E-state index in [2.05, 4.69) is 15.6 Å². The molecule has 0 spiro atoms. The van der Waals surface area contributed by atoms with Crippen LogP contribution in [0.2, 0.25) is 0 Å². The standard InChI is InChI=1S/C20H17F2N3O/c1-13-4-2-3-5-14(13)11-24-17-8-15(10-23-12-17)20(26)25-16-6-7-18(21)19(22)9-16/h2-10,12,24H,11H2,1H3,(H,25,26). The number of aryl methyl sites for hydroxylation is 1. The molecule has 0 saturated heterocycles. The number of pyridine rings is 1. The molecule has 1 aromatic heterocycles. The molecule has 0 aliphatic heterocycles. The second-order valence-electron chi connectivity index (χ2n) is 5.83. The molecule has 3 aromatic rings. The number of halogens is 2. The van der Waals surface area contributed by atoms with Crippen molar-refractivity contribution in [3.8, 4) is 0 Å². The molecule has 0 radical (unpaired) electrons. The van der Waals surface area contributed by atoms with Gasteiger partial charge < -0.3 is 10.6 Å². The molecule has 6 heteroatoms. The Bertz CT molecular complexity index is 944. The second-order valence-corrected chi connectivity index (χ2v) is 5.83. The molecule has 0 aliphatic rings. The van der Waals surface area contributed by atoms with Crippen LogP contribution in [0.4, 0.5) is 20.2 Å². The van der Waals surface area contributed by atoms with Gasteiger partial charge in [0.2, 0.25) is 0 Å². The van der Waals surface area contributed by atoms with E-state index in [4.69, 9.17) is 0 Å². The molecule has 132 valence electrons. The number of amides is 1. The van der Waals surface area contributed by atoms with Gasteiger partial charge in [0.1, 0.15) is 0 Å². The van der Waals surface area contributed by atoms with E-state index in [1.807, 2.05) is 31.2 Å². The number of anilines is 2. The van der Waals surface area contributed by atoms with E-state index in [9.17, 15) is 13.6 Å². The molecule has 0 unspecified atom stereocenters. The molecule has 0 aliphatic carbocycles. The van der Waals surface area contributed by atoms with Crippen LogP contribution < -0.4 is 10.6 Å². The van der Waals surface area contributed by atoms with Gasteiger partial charge >= 0.3 is 0 Å². The van der Waals surface area contributed by atoms with Gasteiger partial charge in [0, 0.05) is 30.7 Å². The van der Waals surface area contributed by atoms with Crippen molar-refractivity contribution in [1.29, 1.82) is 0 Å². The van der Waals surface area contributed by atoms with Crippen molar-refractivity contribution in [2.45, 2.75) is 13.5 Å². The first-order valence-corrected chi connectivity index (χ1v) is 8.03. The van der Waals surface area contributed by atoms with Gasteiger partial charge in [-0.25, -0.2) is 8.78 Å². The molecule has 1 amide bonds. The Morgan fingerprint density at radius 3 is 2.58 bits per heavy atom. The summed E-state index contributed by atoms with van der Waals surface area (Å²) in [5, 5.41) is 5.75. The zero-order valence-corrected chi connectivity index (χ0v) is 14.1. The van der Waals surface area contributed by atoms with Crippen LogP contribution in [0.15, 0.2) is 60.9 Å². The minimum atomic E-state index is -1.02. The summed E-state index contributed by atoms with van der Waals surface area (Å²) in [5.74, 6) is -2.44. The average molecular weight is 353 g/mol. The van der Waals surface area contributed by atoms with Crippen molar-refractivity contribution >= 4 is 17.3 Å². The van der Waals surface area contributed by atoms with Crippen LogP contribution >= 0.6 is 0 Å². The van der Waals surface area contributed by atoms with Crippen LogP contribution in [-0.4, -0.2) is 10.9 Å². The van der Waals surface area contributed by atoms with Gasteiger partial charge in [-0.1, -0.05) is 24.3 Å². The minimum absolute atomic E-state index is 0.173. The highest BCUT2D eigenvalue weighted by Gasteiger charge is 2.10. The molecule has 0 fully saturated rings. The van der Waals surface area contributed by atoms with E-state index >= 15 is 0 Å². The maximum absolute atomic E-state index is 13.2. The summed E-state index contributed by atoms with van der Waals surface area (Å²) in [5.41, 5.74) is 3.48. The number of hydrogen-bond acceptors (Lipinski definition) is 3. The van der Waals surface area contributed by atoms with Crippen LogP contribution in [0.5, 0.6) is 0 Å². The molecule has 3 rings (SSSR count). The van der Waals surface area contributed by atoms with Crippen LogP contribution in [0.25, 0.3) is 0 Å². The number of nitrogens with zero attached hydrogens (tertiary/aromatic N) is 1. The summed E-state index contributed by atoms with van der Waals surface area (Å²) in [7, 11) is 0. The first kappa shape index (κ1) is 17.5. The number of aromatic nitrogens is 1. The monoisotopic (exact) mass is 353 g/mol. The van der Waals surface area contributed by atoms with Crippen molar-refractivity contribution in [2.75, 3.05) is 10.6 Å². The third-order valence-corrected chi connectivity index (χ3v) is 3.92. The highest BCUT2D eigenvalue weighted by atomic mass is 19.2. The summed E-state index contributed by atoms with van der Waals surface area (Å²) >= 11 is 0. The summed E-state index contributed by atoms with van der Waals surface area (Å²) < 4.78 is 26.2. The van der Waals surface area contributed by atoms with Gasteiger partial charge in [-0.15, -0.1) is 0 Å². The zero-order valence-electron chi connectivity index (χ0n) is 14.1. The predicted octanol–water partition coefficient (Wildman–Crippen LogP) is 4.53. The summed E-state index contributed by atoms with van der Waals surface area (Å²) in [6, 6.07) is 12.8. The lowest BCUT2D eigenvalue weighted by Crippen LogP contribution is -2.13. The van der Waals surface area contributed by atoms with Gasteiger partial charge in [0.15, 0.2) is 11.6 Å². The molecule has 26 heavy (non-hydrogen) atoms. The Morgan fingerprint density at radius 2 is 1.81 bits per heavy atom. The Morgan fingerprint density at radius 1 is 1.00 bits per heavy atom. The summed E-state index contributed by atoms with van der Waals surface area (Å²) in [6.45, 7) is 2.63. The van der Waals surface area contributed by atoms with Crippen molar-refractivity contribution in [3.05, 3.63) is 89.2 Å². The van der Waals surface area contributed by atoms with Crippen LogP contribution in [0.3, 0.4) is 0 Å². The highest BCUT2D eigenvalue weighted by Crippen LogP contribution is 2.16. The van der Waals surface area contributed by atoms with E-state index in [0.29, 0.717) is 17.8 Å². The molecule has 2 N–H and O–H groups in total. The highest BCUT2D eigenvalue weighted by molar-refractivity contribution is 6.04. The quantitative estimate of drug-likeness (QED) is 0.708. The first-order chi connectivity index (χ1) is 12.5. The Labute approximate surface area is 149 Å². The van der Waals surface area contributed by atoms with E-state index < -0.39 is 17.5 Å².